The summed E-state index contributed by atoms with van der Waals surface area (Å²) in [4.78, 5) is 14.4. The lowest BCUT2D eigenvalue weighted by atomic mass is 9.48. The third-order valence-electron chi connectivity index (χ3n) is 9.55. The van der Waals surface area contributed by atoms with Crippen LogP contribution in [0, 0.1) is 28.6 Å². The van der Waals surface area contributed by atoms with E-state index in [9.17, 15) is 13.2 Å². The summed E-state index contributed by atoms with van der Waals surface area (Å²) in [7, 11) is -1.73. The van der Waals surface area contributed by atoms with Gasteiger partial charge in [-0.25, -0.2) is 13.1 Å². The van der Waals surface area contributed by atoms with Gasteiger partial charge in [0.05, 0.1) is 5.02 Å². The van der Waals surface area contributed by atoms with Crippen LogP contribution in [-0.2, 0) is 14.8 Å². The summed E-state index contributed by atoms with van der Waals surface area (Å²) >= 11 is 6.21. The summed E-state index contributed by atoms with van der Waals surface area (Å²) in [6, 6.07) is 6.85. The molecule has 1 N–H and O–H groups in total. The van der Waals surface area contributed by atoms with E-state index >= 15 is 0 Å². The van der Waals surface area contributed by atoms with E-state index in [1.54, 1.807) is 30.3 Å². The molecule has 0 radical (unpaired) electrons. The Bertz CT molecular complexity index is 1070. The van der Waals surface area contributed by atoms with Gasteiger partial charge in [-0.05, 0) is 79.9 Å². The van der Waals surface area contributed by atoms with Gasteiger partial charge in [-0.15, -0.1) is 0 Å². The molecule has 1 aromatic carbocycles. The fourth-order valence-corrected chi connectivity index (χ4v) is 9.76. The Morgan fingerprint density at radius 2 is 1.81 bits per heavy atom. The lowest BCUT2D eigenvalue weighted by molar-refractivity contribution is -0.138. The first-order valence-electron chi connectivity index (χ1n) is 11.8. The minimum atomic E-state index is -3.67. The van der Waals surface area contributed by atoms with Crippen molar-refractivity contribution in [3.05, 3.63) is 41.4 Å². The molecule has 0 saturated heterocycles. The Kier molecular flexibility index (Phi) is 5.31. The molecule has 0 spiro atoms. The molecule has 4 aliphatic rings. The molecule has 32 heavy (non-hydrogen) atoms. The van der Waals surface area contributed by atoms with Gasteiger partial charge >= 0.3 is 0 Å². The van der Waals surface area contributed by atoms with E-state index in [0.29, 0.717) is 17.8 Å². The summed E-state index contributed by atoms with van der Waals surface area (Å²) in [5.74, 6) is 1.71. The number of carbonyl (C=O) groups is 1. The van der Waals surface area contributed by atoms with Crippen molar-refractivity contribution in [1.82, 2.24) is 9.62 Å². The molecule has 1 amide bonds. The van der Waals surface area contributed by atoms with Gasteiger partial charge in [-0.1, -0.05) is 43.7 Å². The van der Waals surface area contributed by atoms with Crippen LogP contribution in [0.15, 0.2) is 41.3 Å². The van der Waals surface area contributed by atoms with Crippen LogP contribution in [0.3, 0.4) is 0 Å². The molecular formula is C25H33ClN2O3S. The number of amides is 1. The van der Waals surface area contributed by atoms with Gasteiger partial charge in [0, 0.05) is 24.5 Å². The Morgan fingerprint density at radius 3 is 2.56 bits per heavy atom. The predicted octanol–water partition coefficient (Wildman–Crippen LogP) is 4.63. The highest BCUT2D eigenvalue weighted by Crippen LogP contribution is 2.64. The number of nitrogens with one attached hydrogen (secondary N) is 1. The number of hydrogen-bond donors (Lipinski definition) is 1. The number of nitrogens with zero attached hydrogens (tertiary/aromatic N) is 1. The lowest BCUT2D eigenvalue weighted by Gasteiger charge is -2.60. The van der Waals surface area contributed by atoms with Gasteiger partial charge in [-0.3, -0.25) is 4.79 Å². The first-order chi connectivity index (χ1) is 15.1. The third kappa shape index (κ3) is 3.20. The molecule has 1 aromatic rings. The molecule has 7 atom stereocenters. The maximum atomic E-state index is 13.2. The zero-order chi connectivity index (χ0) is 22.9. The summed E-state index contributed by atoms with van der Waals surface area (Å²) in [5.41, 5.74) is -0.0547. The summed E-state index contributed by atoms with van der Waals surface area (Å²) in [6.07, 6.45) is 10.1. The molecule has 0 aromatic heterocycles. The van der Waals surface area contributed by atoms with Crippen molar-refractivity contribution < 1.29 is 13.2 Å². The molecule has 5 rings (SSSR count). The number of benzene rings is 1. The van der Waals surface area contributed by atoms with E-state index in [4.69, 9.17) is 11.6 Å². The van der Waals surface area contributed by atoms with Crippen LogP contribution in [-0.4, -0.2) is 38.4 Å². The smallest absolute Gasteiger partial charge is 0.246 e. The second-order valence-electron chi connectivity index (χ2n) is 10.8. The Morgan fingerprint density at radius 1 is 1.06 bits per heavy atom. The molecule has 7 heteroatoms. The molecule has 0 bridgehead atoms. The fourth-order valence-electron chi connectivity index (χ4n) is 7.85. The standard InChI is InChI=1S/C25H33ClN2O3S/c1-24-14-12-18-16(8-11-22-25(18,2)15-13-23(29)28(22)3)17(24)9-10-21(24)27-32(30,31)20-7-5-4-6-19(20)26/h4-7,13,15-18,21-22,27H,8-12,14H2,1-3H3/t16-,17-,18-,21-,22+,24-,25+/m0/s1. The molecule has 3 saturated carbocycles. The molecule has 3 aliphatic carbocycles. The number of halogens is 1. The van der Waals surface area contributed by atoms with Crippen molar-refractivity contribution in [2.75, 3.05) is 7.05 Å². The van der Waals surface area contributed by atoms with Crippen LogP contribution in [0.25, 0.3) is 0 Å². The van der Waals surface area contributed by atoms with Crippen LogP contribution in [0.5, 0.6) is 0 Å². The van der Waals surface area contributed by atoms with Gasteiger partial charge in [0.2, 0.25) is 15.9 Å². The van der Waals surface area contributed by atoms with Crippen molar-refractivity contribution in [2.45, 2.75) is 69.4 Å². The maximum Gasteiger partial charge on any atom is 0.246 e. The van der Waals surface area contributed by atoms with E-state index in [1.165, 1.54) is 0 Å². The summed E-state index contributed by atoms with van der Waals surface area (Å²) < 4.78 is 29.4. The van der Waals surface area contributed by atoms with E-state index < -0.39 is 10.0 Å². The van der Waals surface area contributed by atoms with E-state index in [0.717, 1.165) is 38.5 Å². The first kappa shape index (κ1) is 22.4. The van der Waals surface area contributed by atoms with Crippen molar-refractivity contribution in [1.29, 1.82) is 0 Å². The zero-order valence-electron chi connectivity index (χ0n) is 19.1. The van der Waals surface area contributed by atoms with Crippen molar-refractivity contribution in [3.8, 4) is 0 Å². The average Bonchev–Trinajstić information content (AvgIpc) is 3.07. The van der Waals surface area contributed by atoms with Crippen LogP contribution >= 0.6 is 11.6 Å². The SMILES string of the molecule is CN1C(=O)C=C[C@]2(C)[C@H]3CC[C@]4(C)[C@@H](NS(=O)(=O)c5ccccc5Cl)CC[C@H]4[C@@H]3CC[C@@H]12. The monoisotopic (exact) mass is 476 g/mol. The highest BCUT2D eigenvalue weighted by molar-refractivity contribution is 7.89. The Balaban J connectivity index is 1.41. The van der Waals surface area contributed by atoms with E-state index in [-0.39, 0.29) is 38.7 Å². The lowest BCUT2D eigenvalue weighted by Crippen LogP contribution is -2.60. The van der Waals surface area contributed by atoms with Crippen LogP contribution in [0.1, 0.15) is 52.4 Å². The Hall–Kier alpha value is -1.37. The third-order valence-corrected chi connectivity index (χ3v) is 11.5. The second-order valence-corrected chi connectivity index (χ2v) is 12.9. The van der Waals surface area contributed by atoms with Gasteiger partial charge < -0.3 is 4.90 Å². The molecular weight excluding hydrogens is 444 g/mol. The number of likely N-dealkylation sites (N-methyl/N-ethyl adjacent to an activating group) is 1. The number of rotatable bonds is 3. The topological polar surface area (TPSA) is 66.5 Å². The number of fused-ring (bicyclic) bond motifs is 5. The van der Waals surface area contributed by atoms with E-state index in [2.05, 4.69) is 24.6 Å². The Labute approximate surface area is 196 Å². The van der Waals surface area contributed by atoms with Crippen molar-refractivity contribution in [3.63, 3.8) is 0 Å². The first-order valence-corrected chi connectivity index (χ1v) is 13.7. The quantitative estimate of drug-likeness (QED) is 0.691. The maximum absolute atomic E-state index is 13.2. The van der Waals surface area contributed by atoms with Crippen molar-refractivity contribution >= 4 is 27.5 Å². The van der Waals surface area contributed by atoms with E-state index in [1.807, 2.05) is 11.9 Å². The summed E-state index contributed by atoms with van der Waals surface area (Å²) in [6.45, 7) is 4.63. The molecule has 1 aliphatic heterocycles. The minimum Gasteiger partial charge on any atom is -0.338 e. The zero-order valence-corrected chi connectivity index (χ0v) is 20.6. The van der Waals surface area contributed by atoms with Gasteiger partial charge in [-0.2, -0.15) is 0 Å². The van der Waals surface area contributed by atoms with Crippen LogP contribution < -0.4 is 4.72 Å². The van der Waals surface area contributed by atoms with Crippen molar-refractivity contribution in [2.24, 2.45) is 28.6 Å². The van der Waals surface area contributed by atoms with Gasteiger partial charge in [0.1, 0.15) is 4.90 Å². The van der Waals surface area contributed by atoms with Crippen LogP contribution in [0.2, 0.25) is 5.02 Å². The highest BCUT2D eigenvalue weighted by atomic mass is 35.5. The highest BCUT2D eigenvalue weighted by Gasteiger charge is 2.60. The molecule has 3 fully saturated rings. The average molecular weight is 477 g/mol. The van der Waals surface area contributed by atoms with Crippen LogP contribution in [0.4, 0.5) is 0 Å². The van der Waals surface area contributed by atoms with Gasteiger partial charge in [0.15, 0.2) is 0 Å². The minimum absolute atomic E-state index is 0.00205. The number of carbonyl (C=O) groups excluding carboxylic acids is 1. The number of hydrogen-bond acceptors (Lipinski definition) is 3. The number of sulfonamides is 1. The molecule has 5 nitrogen and oxygen atoms in total. The summed E-state index contributed by atoms with van der Waals surface area (Å²) in [5, 5.41) is 0.261. The molecule has 0 unspecified atom stereocenters. The molecule has 1 heterocycles. The van der Waals surface area contributed by atoms with Gasteiger partial charge in [0.25, 0.3) is 0 Å². The fraction of sp³-hybridized carbons (Fsp3) is 0.640. The second kappa shape index (κ2) is 7.57. The predicted molar refractivity (Wildman–Crippen MR) is 126 cm³/mol. The molecule has 174 valence electrons. The normalized spacial score (nSPS) is 41.2. The largest absolute Gasteiger partial charge is 0.338 e.